The van der Waals surface area contributed by atoms with Crippen LogP contribution in [0.4, 0.5) is 0 Å². The predicted octanol–water partition coefficient (Wildman–Crippen LogP) is 2.94. The zero-order chi connectivity index (χ0) is 19.2. The Labute approximate surface area is 160 Å². The maximum atomic E-state index is 12.9. The van der Waals surface area contributed by atoms with Crippen molar-refractivity contribution in [1.82, 2.24) is 4.90 Å². The molecule has 1 saturated heterocycles. The smallest absolute Gasteiger partial charge is 0.223 e. The molecule has 5 nitrogen and oxygen atoms in total. The van der Waals surface area contributed by atoms with E-state index in [1.807, 2.05) is 47.4 Å². The van der Waals surface area contributed by atoms with Crippen molar-refractivity contribution in [3.05, 3.63) is 65.7 Å². The maximum absolute atomic E-state index is 12.9. The average molecular weight is 366 g/mol. The fraction of sp³-hybridized carbons (Fsp3) is 0.364. The van der Waals surface area contributed by atoms with Gasteiger partial charge in [0, 0.05) is 31.3 Å². The first kappa shape index (κ1) is 19.0. The minimum atomic E-state index is -0.262. The molecule has 0 aliphatic carbocycles. The van der Waals surface area contributed by atoms with Crippen LogP contribution < -0.4 is 10.5 Å². The van der Waals surface area contributed by atoms with E-state index in [0.29, 0.717) is 32.4 Å². The van der Waals surface area contributed by atoms with Gasteiger partial charge < -0.3 is 15.4 Å². The SMILES string of the molecule is COc1ccc([C@H](CC(=O)N2CCC(C(N)=O)CC2)c2ccccc2)cc1. The van der Waals surface area contributed by atoms with E-state index in [0.717, 1.165) is 16.9 Å². The number of ether oxygens (including phenoxy) is 1. The third-order valence-corrected chi connectivity index (χ3v) is 5.35. The molecule has 27 heavy (non-hydrogen) atoms. The number of benzene rings is 2. The lowest BCUT2D eigenvalue weighted by atomic mass is 9.87. The number of primary amides is 1. The molecule has 3 rings (SSSR count). The molecule has 0 saturated carbocycles. The van der Waals surface area contributed by atoms with Crippen molar-refractivity contribution in [2.45, 2.75) is 25.2 Å². The molecule has 2 aromatic rings. The average Bonchev–Trinajstić information content (AvgIpc) is 2.72. The molecule has 1 aliphatic heterocycles. The highest BCUT2D eigenvalue weighted by molar-refractivity contribution is 5.79. The van der Waals surface area contributed by atoms with E-state index >= 15 is 0 Å². The Balaban J connectivity index is 1.75. The Hall–Kier alpha value is -2.82. The number of methoxy groups -OCH3 is 1. The third-order valence-electron chi connectivity index (χ3n) is 5.35. The van der Waals surface area contributed by atoms with Crippen LogP contribution in [0, 0.1) is 5.92 Å². The summed E-state index contributed by atoms with van der Waals surface area (Å²) in [5, 5.41) is 0. The van der Waals surface area contributed by atoms with Gasteiger partial charge in [-0.3, -0.25) is 9.59 Å². The molecule has 0 unspecified atom stereocenters. The zero-order valence-electron chi connectivity index (χ0n) is 15.6. The molecule has 2 aromatic carbocycles. The Morgan fingerprint density at radius 1 is 1.04 bits per heavy atom. The van der Waals surface area contributed by atoms with Crippen molar-refractivity contribution >= 4 is 11.8 Å². The number of nitrogens with two attached hydrogens (primary N) is 1. The summed E-state index contributed by atoms with van der Waals surface area (Å²) in [5.74, 6) is 0.523. The van der Waals surface area contributed by atoms with Gasteiger partial charge in [-0.15, -0.1) is 0 Å². The second kappa shape index (κ2) is 8.71. The molecule has 1 fully saturated rings. The van der Waals surface area contributed by atoms with Crippen LogP contribution in [-0.4, -0.2) is 36.9 Å². The van der Waals surface area contributed by atoms with E-state index in [-0.39, 0.29) is 23.7 Å². The number of amides is 2. The molecule has 2 amide bonds. The molecular formula is C22H26N2O3. The predicted molar refractivity (Wildman–Crippen MR) is 104 cm³/mol. The minimum absolute atomic E-state index is 0.0153. The number of hydrogen-bond acceptors (Lipinski definition) is 3. The van der Waals surface area contributed by atoms with Crippen molar-refractivity contribution in [2.24, 2.45) is 11.7 Å². The Kier molecular flexibility index (Phi) is 6.12. The molecule has 0 radical (unpaired) electrons. The van der Waals surface area contributed by atoms with Gasteiger partial charge in [-0.2, -0.15) is 0 Å². The summed E-state index contributed by atoms with van der Waals surface area (Å²) in [6.45, 7) is 1.19. The van der Waals surface area contributed by atoms with E-state index < -0.39 is 0 Å². The Morgan fingerprint density at radius 3 is 2.19 bits per heavy atom. The van der Waals surface area contributed by atoms with Crippen molar-refractivity contribution in [3.63, 3.8) is 0 Å². The molecule has 5 heteroatoms. The summed E-state index contributed by atoms with van der Waals surface area (Å²) in [7, 11) is 1.64. The number of carbonyl (C=O) groups is 2. The second-order valence-corrected chi connectivity index (χ2v) is 7.00. The number of nitrogens with zero attached hydrogens (tertiary/aromatic N) is 1. The first-order valence-electron chi connectivity index (χ1n) is 9.34. The first-order chi connectivity index (χ1) is 13.1. The summed E-state index contributed by atoms with van der Waals surface area (Å²) >= 11 is 0. The first-order valence-corrected chi connectivity index (χ1v) is 9.34. The minimum Gasteiger partial charge on any atom is -0.497 e. The fourth-order valence-electron chi connectivity index (χ4n) is 3.67. The van der Waals surface area contributed by atoms with Gasteiger partial charge in [0.1, 0.15) is 5.75 Å². The highest BCUT2D eigenvalue weighted by atomic mass is 16.5. The van der Waals surface area contributed by atoms with Crippen LogP contribution in [0.3, 0.4) is 0 Å². The maximum Gasteiger partial charge on any atom is 0.223 e. The molecule has 0 bridgehead atoms. The van der Waals surface area contributed by atoms with Crippen LogP contribution in [0.25, 0.3) is 0 Å². The molecule has 2 N–H and O–H groups in total. The van der Waals surface area contributed by atoms with Gasteiger partial charge in [0.25, 0.3) is 0 Å². The van der Waals surface area contributed by atoms with Crippen molar-refractivity contribution in [2.75, 3.05) is 20.2 Å². The Bertz CT molecular complexity index is 766. The quantitative estimate of drug-likeness (QED) is 0.854. The van der Waals surface area contributed by atoms with E-state index in [9.17, 15) is 9.59 Å². The van der Waals surface area contributed by atoms with Gasteiger partial charge in [0.15, 0.2) is 0 Å². The van der Waals surface area contributed by atoms with Crippen LogP contribution in [0.5, 0.6) is 5.75 Å². The zero-order valence-corrected chi connectivity index (χ0v) is 15.6. The molecule has 1 aliphatic rings. The highest BCUT2D eigenvalue weighted by Gasteiger charge is 2.28. The van der Waals surface area contributed by atoms with Crippen LogP contribution >= 0.6 is 0 Å². The van der Waals surface area contributed by atoms with Crippen LogP contribution in [0.1, 0.15) is 36.3 Å². The largest absolute Gasteiger partial charge is 0.497 e. The van der Waals surface area contributed by atoms with Gasteiger partial charge >= 0.3 is 0 Å². The van der Waals surface area contributed by atoms with Gasteiger partial charge in [0.05, 0.1) is 7.11 Å². The van der Waals surface area contributed by atoms with Gasteiger partial charge in [-0.05, 0) is 36.1 Å². The lowest BCUT2D eigenvalue weighted by Gasteiger charge is -2.32. The van der Waals surface area contributed by atoms with E-state index in [1.165, 1.54) is 0 Å². The Morgan fingerprint density at radius 2 is 1.63 bits per heavy atom. The summed E-state index contributed by atoms with van der Waals surface area (Å²) in [5.41, 5.74) is 7.59. The van der Waals surface area contributed by atoms with Gasteiger partial charge in [0.2, 0.25) is 11.8 Å². The van der Waals surface area contributed by atoms with Crippen LogP contribution in [0.2, 0.25) is 0 Å². The number of likely N-dealkylation sites (tertiary alicyclic amines) is 1. The fourth-order valence-corrected chi connectivity index (χ4v) is 3.67. The summed E-state index contributed by atoms with van der Waals surface area (Å²) < 4.78 is 5.25. The van der Waals surface area contributed by atoms with Gasteiger partial charge in [-0.25, -0.2) is 0 Å². The summed E-state index contributed by atoms with van der Waals surface area (Å²) in [6.07, 6.45) is 1.71. The third kappa shape index (κ3) is 4.67. The monoisotopic (exact) mass is 366 g/mol. The summed E-state index contributed by atoms with van der Waals surface area (Å²) in [4.78, 5) is 26.1. The standard InChI is InChI=1S/C22H26N2O3/c1-27-19-9-7-17(8-10-19)20(16-5-3-2-4-6-16)15-21(25)24-13-11-18(12-14-24)22(23)26/h2-10,18,20H,11-15H2,1H3,(H2,23,26)/t20-/m1/s1. The van der Waals surface area contributed by atoms with E-state index in [1.54, 1.807) is 7.11 Å². The summed E-state index contributed by atoms with van der Waals surface area (Å²) in [6, 6.07) is 18.0. The number of hydrogen-bond donors (Lipinski definition) is 1. The molecule has 142 valence electrons. The molecule has 1 atom stereocenters. The number of piperidine rings is 1. The second-order valence-electron chi connectivity index (χ2n) is 7.00. The lowest BCUT2D eigenvalue weighted by molar-refractivity contribution is -0.135. The lowest BCUT2D eigenvalue weighted by Crippen LogP contribution is -2.42. The molecular weight excluding hydrogens is 340 g/mol. The number of rotatable bonds is 6. The molecule has 0 aromatic heterocycles. The van der Waals surface area contributed by atoms with E-state index in [4.69, 9.17) is 10.5 Å². The number of carbonyl (C=O) groups excluding carboxylic acids is 2. The van der Waals surface area contributed by atoms with Crippen molar-refractivity contribution in [3.8, 4) is 5.75 Å². The van der Waals surface area contributed by atoms with Crippen LogP contribution in [0.15, 0.2) is 54.6 Å². The highest BCUT2D eigenvalue weighted by Crippen LogP contribution is 2.30. The van der Waals surface area contributed by atoms with E-state index in [2.05, 4.69) is 12.1 Å². The molecule has 0 spiro atoms. The van der Waals surface area contributed by atoms with Crippen molar-refractivity contribution < 1.29 is 14.3 Å². The van der Waals surface area contributed by atoms with Gasteiger partial charge in [-0.1, -0.05) is 42.5 Å². The molecule has 1 heterocycles. The normalized spacial score (nSPS) is 16.0. The topological polar surface area (TPSA) is 72.6 Å². The van der Waals surface area contributed by atoms with Crippen LogP contribution in [-0.2, 0) is 9.59 Å². The van der Waals surface area contributed by atoms with Crippen molar-refractivity contribution in [1.29, 1.82) is 0 Å².